The average Bonchev–Trinajstić information content (AvgIpc) is 3.57. The van der Waals surface area contributed by atoms with E-state index in [9.17, 15) is 0 Å². The fourth-order valence-electron chi connectivity index (χ4n) is 3.76. The van der Waals surface area contributed by atoms with Crippen LogP contribution in [0.1, 0.15) is 17.7 Å². The van der Waals surface area contributed by atoms with Gasteiger partial charge < -0.3 is 0 Å². The van der Waals surface area contributed by atoms with E-state index in [-0.39, 0.29) is 0 Å². The summed E-state index contributed by atoms with van der Waals surface area (Å²) in [5, 5.41) is 0. The van der Waals surface area contributed by atoms with E-state index in [2.05, 4.69) is 85.0 Å². The third kappa shape index (κ3) is 3.44. The molecule has 0 spiro atoms. The van der Waals surface area contributed by atoms with Crippen LogP contribution in [0.25, 0.3) is 44.9 Å². The van der Waals surface area contributed by atoms with Crippen LogP contribution in [0.3, 0.4) is 0 Å². The minimum atomic E-state index is 1.16. The SMILES string of the molecule is C1=CCCC(c2ccc(-c3cc4sc(-c5ccc(-c6ccccc6)s5)cc4s3)s2)=C1. The summed E-state index contributed by atoms with van der Waals surface area (Å²) < 4.78 is 2.80. The summed E-state index contributed by atoms with van der Waals surface area (Å²) in [4.78, 5) is 8.26. The molecule has 4 heterocycles. The third-order valence-electron chi connectivity index (χ3n) is 5.29. The van der Waals surface area contributed by atoms with Gasteiger partial charge in [0.15, 0.2) is 0 Å². The van der Waals surface area contributed by atoms with Gasteiger partial charge in [-0.05, 0) is 60.4 Å². The van der Waals surface area contributed by atoms with Crippen molar-refractivity contribution in [2.75, 3.05) is 0 Å². The van der Waals surface area contributed by atoms with Crippen molar-refractivity contribution in [1.82, 2.24) is 0 Å². The molecule has 6 rings (SSSR count). The monoisotopic (exact) mass is 458 g/mol. The summed E-state index contributed by atoms with van der Waals surface area (Å²) in [5.74, 6) is 0. The standard InChI is InChI=1S/C26H18S4/c1-3-7-17(8-4-1)19-11-13-21(27-19)23-15-25-26(29-23)16-24(30-25)22-14-12-20(28-22)18-9-5-2-6-10-18/h1-5,7-9,11-16H,6,10H2. The highest BCUT2D eigenvalue weighted by Crippen LogP contribution is 2.46. The Hall–Kier alpha value is -2.24. The van der Waals surface area contributed by atoms with E-state index in [1.54, 1.807) is 0 Å². The van der Waals surface area contributed by atoms with Crippen molar-refractivity contribution in [3.63, 3.8) is 0 Å². The Morgan fingerprint density at radius 1 is 0.567 bits per heavy atom. The maximum absolute atomic E-state index is 2.38. The number of rotatable bonds is 4. The Morgan fingerprint density at radius 2 is 1.20 bits per heavy atom. The van der Waals surface area contributed by atoms with Crippen LogP contribution in [0.4, 0.5) is 0 Å². The zero-order valence-corrected chi connectivity index (χ0v) is 19.4. The van der Waals surface area contributed by atoms with E-state index in [4.69, 9.17) is 0 Å². The quantitative estimate of drug-likeness (QED) is 0.251. The van der Waals surface area contributed by atoms with Gasteiger partial charge in [0.2, 0.25) is 0 Å². The van der Waals surface area contributed by atoms with Crippen molar-refractivity contribution in [2.45, 2.75) is 12.8 Å². The molecule has 146 valence electrons. The molecule has 1 aliphatic rings. The van der Waals surface area contributed by atoms with Gasteiger partial charge in [0.05, 0.1) is 0 Å². The molecule has 0 amide bonds. The predicted molar refractivity (Wildman–Crippen MR) is 138 cm³/mol. The molecule has 5 aromatic rings. The lowest BCUT2D eigenvalue weighted by Gasteiger charge is -2.05. The van der Waals surface area contributed by atoms with Gasteiger partial charge in [0.1, 0.15) is 0 Å². The number of allylic oxidation sites excluding steroid dienone is 4. The number of hydrogen-bond acceptors (Lipinski definition) is 4. The lowest BCUT2D eigenvalue weighted by atomic mass is 10.0. The van der Waals surface area contributed by atoms with Crippen LogP contribution < -0.4 is 0 Å². The van der Waals surface area contributed by atoms with Gasteiger partial charge in [-0.1, -0.05) is 48.6 Å². The molecular formula is C26H18S4. The fourth-order valence-corrected chi connectivity index (χ4v) is 8.39. The molecule has 0 N–H and O–H groups in total. The zero-order chi connectivity index (χ0) is 19.9. The van der Waals surface area contributed by atoms with E-state index >= 15 is 0 Å². The predicted octanol–water partition coefficient (Wildman–Crippen LogP) is 9.82. The van der Waals surface area contributed by atoms with Gasteiger partial charge in [0.25, 0.3) is 0 Å². The molecule has 0 nitrogen and oxygen atoms in total. The largest absolute Gasteiger partial charge is 0.135 e. The van der Waals surface area contributed by atoms with Crippen molar-refractivity contribution in [2.24, 2.45) is 0 Å². The van der Waals surface area contributed by atoms with Gasteiger partial charge >= 0.3 is 0 Å². The Kier molecular flexibility index (Phi) is 4.81. The Bertz CT molecular complexity index is 1350. The maximum atomic E-state index is 2.38. The Labute approximate surface area is 192 Å². The van der Waals surface area contributed by atoms with Crippen molar-refractivity contribution in [3.05, 3.63) is 89.8 Å². The summed E-state index contributed by atoms with van der Waals surface area (Å²) in [5.41, 5.74) is 2.77. The highest BCUT2D eigenvalue weighted by Gasteiger charge is 2.14. The number of benzene rings is 1. The van der Waals surface area contributed by atoms with Crippen molar-refractivity contribution < 1.29 is 0 Å². The topological polar surface area (TPSA) is 0 Å². The van der Waals surface area contributed by atoms with E-state index in [0.717, 1.165) is 12.8 Å². The van der Waals surface area contributed by atoms with E-state index < -0.39 is 0 Å². The molecule has 4 heteroatoms. The molecule has 0 radical (unpaired) electrons. The number of hydrogen-bond donors (Lipinski definition) is 0. The summed E-state index contributed by atoms with van der Waals surface area (Å²) in [7, 11) is 0. The highest BCUT2D eigenvalue weighted by atomic mass is 32.1. The van der Waals surface area contributed by atoms with Gasteiger partial charge in [0, 0.05) is 38.7 Å². The Balaban J connectivity index is 1.29. The molecule has 0 saturated carbocycles. The van der Waals surface area contributed by atoms with Crippen LogP contribution in [0.5, 0.6) is 0 Å². The van der Waals surface area contributed by atoms with Gasteiger partial charge in [-0.3, -0.25) is 0 Å². The Morgan fingerprint density at radius 3 is 1.87 bits per heavy atom. The average molecular weight is 459 g/mol. The van der Waals surface area contributed by atoms with Crippen LogP contribution in [-0.2, 0) is 0 Å². The highest BCUT2D eigenvalue weighted by molar-refractivity contribution is 7.33. The molecular weight excluding hydrogens is 441 g/mol. The second-order valence-corrected chi connectivity index (χ2v) is 11.6. The fraction of sp³-hybridized carbons (Fsp3) is 0.0769. The minimum absolute atomic E-state index is 1.16. The first-order valence-corrected chi connectivity index (χ1v) is 13.3. The van der Waals surface area contributed by atoms with Gasteiger partial charge in [-0.15, -0.1) is 45.3 Å². The van der Waals surface area contributed by atoms with E-state index in [1.165, 1.54) is 49.8 Å². The molecule has 0 saturated heterocycles. The van der Waals surface area contributed by atoms with Crippen molar-refractivity contribution in [1.29, 1.82) is 0 Å². The smallest absolute Gasteiger partial charge is 0.0464 e. The third-order valence-corrected chi connectivity index (χ3v) is 10.3. The molecule has 4 aromatic heterocycles. The second kappa shape index (κ2) is 7.78. The summed E-state index contributed by atoms with van der Waals surface area (Å²) >= 11 is 7.65. The van der Waals surface area contributed by atoms with Gasteiger partial charge in [-0.25, -0.2) is 0 Å². The van der Waals surface area contributed by atoms with Crippen LogP contribution in [0, 0.1) is 0 Å². The summed E-state index contributed by atoms with van der Waals surface area (Å²) in [6.45, 7) is 0. The molecule has 30 heavy (non-hydrogen) atoms. The van der Waals surface area contributed by atoms with Gasteiger partial charge in [-0.2, -0.15) is 0 Å². The maximum Gasteiger partial charge on any atom is 0.0464 e. The van der Waals surface area contributed by atoms with Crippen LogP contribution in [-0.4, -0.2) is 0 Å². The molecule has 1 aliphatic carbocycles. The minimum Gasteiger partial charge on any atom is -0.135 e. The van der Waals surface area contributed by atoms with E-state index in [0.29, 0.717) is 0 Å². The first kappa shape index (κ1) is 18.5. The van der Waals surface area contributed by atoms with Crippen LogP contribution in [0.2, 0.25) is 0 Å². The lowest BCUT2D eigenvalue weighted by Crippen LogP contribution is -1.82. The van der Waals surface area contributed by atoms with Crippen molar-refractivity contribution in [3.8, 4) is 29.9 Å². The zero-order valence-electron chi connectivity index (χ0n) is 16.1. The van der Waals surface area contributed by atoms with Crippen LogP contribution in [0.15, 0.2) is 85.0 Å². The lowest BCUT2D eigenvalue weighted by molar-refractivity contribution is 1.06. The van der Waals surface area contributed by atoms with Crippen molar-refractivity contribution >= 4 is 60.3 Å². The summed E-state index contributed by atoms with van der Waals surface area (Å²) in [6, 6.07) is 24.5. The molecule has 0 aliphatic heterocycles. The first-order chi connectivity index (χ1) is 14.8. The first-order valence-electron chi connectivity index (χ1n) is 9.99. The molecule has 0 atom stereocenters. The van der Waals surface area contributed by atoms with E-state index in [1.807, 2.05) is 45.3 Å². The molecule has 0 fully saturated rings. The second-order valence-electron chi connectivity index (χ2n) is 7.30. The van der Waals surface area contributed by atoms with Crippen LogP contribution >= 0.6 is 45.3 Å². The normalized spacial score (nSPS) is 13.8. The molecule has 0 unspecified atom stereocenters. The summed E-state index contributed by atoms with van der Waals surface area (Å²) in [6.07, 6.45) is 9.02. The molecule has 0 bridgehead atoms. The molecule has 1 aromatic carbocycles. The number of thiophene rings is 4. The number of fused-ring (bicyclic) bond motifs is 1.